The fourth-order valence-corrected chi connectivity index (χ4v) is 6.93. The van der Waals surface area contributed by atoms with E-state index in [-0.39, 0.29) is 9.79 Å². The van der Waals surface area contributed by atoms with Crippen LogP contribution >= 0.6 is 0 Å². The van der Waals surface area contributed by atoms with Crippen molar-refractivity contribution in [3.05, 3.63) is 53.1 Å². The third-order valence-corrected chi connectivity index (χ3v) is 8.87. The Balaban J connectivity index is 2.67. The topological polar surface area (TPSA) is 77.5 Å². The van der Waals surface area contributed by atoms with Gasteiger partial charge >= 0.3 is 0 Å². The summed E-state index contributed by atoms with van der Waals surface area (Å²) in [5, 5.41) is 0. The Labute approximate surface area is 136 Å². The van der Waals surface area contributed by atoms with Gasteiger partial charge in [-0.1, -0.05) is 17.7 Å². The summed E-state index contributed by atoms with van der Waals surface area (Å²) in [5.74, 6) is 0.448. The summed E-state index contributed by atoms with van der Waals surface area (Å²) in [5.41, 5.74) is 1.71. The molecule has 0 saturated carbocycles. The van der Waals surface area contributed by atoms with Gasteiger partial charge in [0.2, 0.25) is 0 Å². The first-order valence-electron chi connectivity index (χ1n) is 6.83. The van der Waals surface area contributed by atoms with E-state index in [2.05, 4.69) is 0 Å². The molecule has 0 unspecified atom stereocenters. The minimum Gasteiger partial charge on any atom is -0.497 e. The number of hydrogen-bond acceptors (Lipinski definition) is 5. The van der Waals surface area contributed by atoms with Gasteiger partial charge in [0, 0.05) is 0 Å². The number of methoxy groups -OCH3 is 1. The molecule has 0 heterocycles. The second-order valence-corrected chi connectivity index (χ2v) is 10.6. The standard InChI is InChI=1S/C16H18O5S2/c1-11-9-12(2)16(13(3)10-11)23(19,20)22(17,18)15-7-5-14(21-4)6-8-15/h5-10H,1-4H3. The first kappa shape index (κ1) is 17.5. The van der Waals surface area contributed by atoms with E-state index in [0.717, 1.165) is 5.56 Å². The molecule has 0 amide bonds. The highest BCUT2D eigenvalue weighted by Crippen LogP contribution is 2.30. The molecule has 0 bridgehead atoms. The fraction of sp³-hybridized carbons (Fsp3) is 0.250. The average molecular weight is 354 g/mol. The molecule has 0 N–H and O–H groups in total. The number of aryl methyl sites for hydroxylation is 3. The van der Waals surface area contributed by atoms with E-state index >= 15 is 0 Å². The van der Waals surface area contributed by atoms with E-state index in [0.29, 0.717) is 16.9 Å². The van der Waals surface area contributed by atoms with Crippen molar-refractivity contribution < 1.29 is 21.6 Å². The highest BCUT2D eigenvalue weighted by Gasteiger charge is 2.36. The van der Waals surface area contributed by atoms with Gasteiger partial charge in [0.15, 0.2) is 0 Å². The lowest BCUT2D eigenvalue weighted by atomic mass is 10.1. The molecule has 2 rings (SSSR count). The van der Waals surface area contributed by atoms with Crippen molar-refractivity contribution >= 4 is 17.7 Å². The van der Waals surface area contributed by atoms with Crippen LogP contribution in [0.3, 0.4) is 0 Å². The summed E-state index contributed by atoms with van der Waals surface area (Å²) in [6.07, 6.45) is 0. The van der Waals surface area contributed by atoms with Gasteiger partial charge in [-0.2, -0.15) is 0 Å². The number of benzene rings is 2. The molecular formula is C16H18O5S2. The predicted molar refractivity (Wildman–Crippen MR) is 88.0 cm³/mol. The Morgan fingerprint density at radius 1 is 0.783 bits per heavy atom. The van der Waals surface area contributed by atoms with E-state index in [9.17, 15) is 16.8 Å². The number of hydrogen-bond donors (Lipinski definition) is 0. The highest BCUT2D eigenvalue weighted by molar-refractivity contribution is 8.67. The van der Waals surface area contributed by atoms with Crippen LogP contribution in [-0.4, -0.2) is 23.9 Å². The molecule has 0 aliphatic rings. The van der Waals surface area contributed by atoms with Crippen LogP contribution in [0.2, 0.25) is 0 Å². The normalized spacial score (nSPS) is 12.2. The lowest BCUT2D eigenvalue weighted by Crippen LogP contribution is -2.18. The minimum atomic E-state index is -4.56. The van der Waals surface area contributed by atoms with Crippen molar-refractivity contribution in [2.24, 2.45) is 0 Å². The number of ether oxygens (including phenoxy) is 1. The molecule has 0 aromatic heterocycles. The zero-order valence-corrected chi connectivity index (χ0v) is 15.0. The Kier molecular flexibility index (Phi) is 4.54. The third-order valence-electron chi connectivity index (χ3n) is 3.49. The molecular weight excluding hydrogens is 336 g/mol. The highest BCUT2D eigenvalue weighted by atomic mass is 33.2. The van der Waals surface area contributed by atoms with Gasteiger partial charge in [-0.25, -0.2) is 16.8 Å². The number of rotatable bonds is 4. The Morgan fingerprint density at radius 3 is 1.70 bits per heavy atom. The van der Waals surface area contributed by atoms with Crippen LogP contribution < -0.4 is 4.74 Å². The van der Waals surface area contributed by atoms with Crippen molar-refractivity contribution in [3.63, 3.8) is 0 Å². The van der Waals surface area contributed by atoms with Gasteiger partial charge in [0.25, 0.3) is 17.7 Å². The molecule has 124 valence electrons. The molecule has 0 saturated heterocycles. The first-order valence-corrected chi connectivity index (χ1v) is 10.3. The van der Waals surface area contributed by atoms with E-state index in [1.165, 1.54) is 31.4 Å². The summed E-state index contributed by atoms with van der Waals surface area (Å²) >= 11 is 0. The van der Waals surface area contributed by atoms with Crippen molar-refractivity contribution in [1.29, 1.82) is 0 Å². The molecule has 23 heavy (non-hydrogen) atoms. The quantitative estimate of drug-likeness (QED) is 0.789. The van der Waals surface area contributed by atoms with E-state index in [1.807, 2.05) is 6.92 Å². The van der Waals surface area contributed by atoms with Gasteiger partial charge < -0.3 is 4.74 Å². The average Bonchev–Trinajstić information content (AvgIpc) is 2.45. The van der Waals surface area contributed by atoms with Crippen LogP contribution in [0, 0.1) is 20.8 Å². The Morgan fingerprint density at radius 2 is 1.26 bits per heavy atom. The lowest BCUT2D eigenvalue weighted by molar-refractivity contribution is 0.414. The van der Waals surface area contributed by atoms with Gasteiger partial charge in [-0.3, -0.25) is 0 Å². The van der Waals surface area contributed by atoms with Gasteiger partial charge in [0.1, 0.15) is 5.75 Å². The van der Waals surface area contributed by atoms with Crippen molar-refractivity contribution in [2.75, 3.05) is 7.11 Å². The summed E-state index contributed by atoms with van der Waals surface area (Å²) in [4.78, 5) is -0.434. The van der Waals surface area contributed by atoms with E-state index in [1.54, 1.807) is 26.0 Å². The molecule has 5 nitrogen and oxygen atoms in total. The largest absolute Gasteiger partial charge is 0.497 e. The molecule has 0 spiro atoms. The van der Waals surface area contributed by atoms with Gasteiger partial charge in [-0.05, 0) is 56.2 Å². The van der Waals surface area contributed by atoms with Crippen LogP contribution in [0.5, 0.6) is 5.75 Å². The maximum absolute atomic E-state index is 12.7. The molecule has 0 radical (unpaired) electrons. The Hall–Kier alpha value is -1.86. The second-order valence-electron chi connectivity index (χ2n) is 5.31. The van der Waals surface area contributed by atoms with Crippen LogP contribution in [0.15, 0.2) is 46.2 Å². The summed E-state index contributed by atoms with van der Waals surface area (Å²) in [7, 11) is -7.67. The SMILES string of the molecule is COc1ccc(S(=O)(=O)S(=O)(=O)c2c(C)cc(C)cc2C)cc1. The zero-order chi connectivity index (χ0) is 17.4. The lowest BCUT2D eigenvalue weighted by Gasteiger charge is -2.13. The molecule has 0 aliphatic carbocycles. The zero-order valence-electron chi connectivity index (χ0n) is 13.3. The molecule has 0 fully saturated rings. The molecule has 0 aliphatic heterocycles. The monoisotopic (exact) mass is 354 g/mol. The summed E-state index contributed by atoms with van der Waals surface area (Å²) in [6, 6.07) is 8.59. The fourth-order valence-electron chi connectivity index (χ4n) is 2.54. The van der Waals surface area contributed by atoms with Gasteiger partial charge in [-0.15, -0.1) is 0 Å². The van der Waals surface area contributed by atoms with Crippen molar-refractivity contribution in [1.82, 2.24) is 0 Å². The van der Waals surface area contributed by atoms with Crippen LogP contribution in [0.4, 0.5) is 0 Å². The molecule has 0 atom stereocenters. The van der Waals surface area contributed by atoms with Crippen molar-refractivity contribution in [3.8, 4) is 5.75 Å². The van der Waals surface area contributed by atoms with Gasteiger partial charge in [0.05, 0.1) is 16.9 Å². The maximum Gasteiger partial charge on any atom is 0.286 e. The van der Waals surface area contributed by atoms with E-state index in [4.69, 9.17) is 4.74 Å². The molecule has 2 aromatic rings. The predicted octanol–water partition coefficient (Wildman–Crippen LogP) is 2.78. The molecule has 7 heteroatoms. The summed E-state index contributed by atoms with van der Waals surface area (Å²) in [6.45, 7) is 5.02. The van der Waals surface area contributed by atoms with E-state index < -0.39 is 17.7 Å². The van der Waals surface area contributed by atoms with Crippen LogP contribution in [0.1, 0.15) is 16.7 Å². The van der Waals surface area contributed by atoms with Crippen LogP contribution in [-0.2, 0) is 17.7 Å². The van der Waals surface area contributed by atoms with Crippen LogP contribution in [0.25, 0.3) is 0 Å². The summed E-state index contributed by atoms with van der Waals surface area (Å²) < 4.78 is 55.7. The first-order chi connectivity index (χ1) is 10.6. The Bertz CT molecular complexity index is 917. The minimum absolute atomic E-state index is 0.154. The molecule has 2 aromatic carbocycles. The maximum atomic E-state index is 12.7. The third kappa shape index (κ3) is 2.98. The smallest absolute Gasteiger partial charge is 0.286 e. The van der Waals surface area contributed by atoms with Crippen molar-refractivity contribution in [2.45, 2.75) is 30.6 Å². The second kappa shape index (κ2) is 5.98.